The lowest BCUT2D eigenvalue weighted by molar-refractivity contribution is -0.147. The highest BCUT2D eigenvalue weighted by Crippen LogP contribution is 2.29. The van der Waals surface area contributed by atoms with Gasteiger partial charge in [-0.15, -0.1) is 12.4 Å². The largest absolute Gasteiger partial charge is 0.366 e. The molecule has 0 radical (unpaired) electrons. The molecular weight excluding hydrogens is 240 g/mol. The van der Waals surface area contributed by atoms with Crippen LogP contribution < -0.4 is 5.32 Å². The Morgan fingerprint density at radius 2 is 2.00 bits per heavy atom. The van der Waals surface area contributed by atoms with Gasteiger partial charge in [-0.25, -0.2) is 0 Å². The molecule has 2 aliphatic rings. The predicted molar refractivity (Wildman–Crippen MR) is 69.5 cm³/mol. The second kappa shape index (κ2) is 6.03. The smallest absolute Gasteiger partial charge is 0.253 e. The highest BCUT2D eigenvalue weighted by Gasteiger charge is 2.32. The van der Waals surface area contributed by atoms with Crippen LogP contribution in [0, 0.1) is 5.41 Å². The fraction of sp³-hybridized carbons (Fsp3) is 0.917. The van der Waals surface area contributed by atoms with Gasteiger partial charge in [0.05, 0.1) is 6.61 Å². The van der Waals surface area contributed by atoms with Gasteiger partial charge in [0.15, 0.2) is 0 Å². The number of hydrogen-bond acceptors (Lipinski definition) is 3. The quantitative estimate of drug-likeness (QED) is 0.768. The van der Waals surface area contributed by atoms with Crippen molar-refractivity contribution in [2.75, 3.05) is 32.8 Å². The second-order valence-electron chi connectivity index (χ2n) is 5.55. The molecule has 2 aliphatic heterocycles. The molecule has 100 valence electrons. The number of carbonyl (C=O) groups is 1. The first-order valence-electron chi connectivity index (χ1n) is 6.20. The molecule has 1 atom stereocenters. The molecule has 2 rings (SSSR count). The van der Waals surface area contributed by atoms with E-state index in [4.69, 9.17) is 4.74 Å². The summed E-state index contributed by atoms with van der Waals surface area (Å²) in [4.78, 5) is 14.1. The lowest BCUT2D eigenvalue weighted by Gasteiger charge is -2.38. The first-order chi connectivity index (χ1) is 7.58. The molecule has 0 bridgehead atoms. The number of hydrogen-bond donors (Lipinski definition) is 1. The number of ether oxygens (including phenoxy) is 1. The summed E-state index contributed by atoms with van der Waals surface area (Å²) in [7, 11) is 0. The van der Waals surface area contributed by atoms with Crippen LogP contribution in [0.25, 0.3) is 0 Å². The van der Waals surface area contributed by atoms with Gasteiger partial charge in [-0.2, -0.15) is 0 Å². The minimum absolute atomic E-state index is 0. The van der Waals surface area contributed by atoms with E-state index in [1.807, 2.05) is 4.90 Å². The molecule has 2 heterocycles. The van der Waals surface area contributed by atoms with Crippen LogP contribution in [0.1, 0.15) is 26.7 Å². The molecule has 1 amide bonds. The average Bonchev–Trinajstić information content (AvgIpc) is 2.29. The summed E-state index contributed by atoms with van der Waals surface area (Å²) in [6, 6.07) is 0. The van der Waals surface area contributed by atoms with Gasteiger partial charge in [0, 0.05) is 26.2 Å². The number of rotatable bonds is 1. The van der Waals surface area contributed by atoms with E-state index in [0.29, 0.717) is 18.6 Å². The summed E-state index contributed by atoms with van der Waals surface area (Å²) in [6.45, 7) is 8.48. The van der Waals surface area contributed by atoms with Crippen molar-refractivity contribution in [3.63, 3.8) is 0 Å². The molecule has 17 heavy (non-hydrogen) atoms. The summed E-state index contributed by atoms with van der Waals surface area (Å²) in [6.07, 6.45) is 1.94. The predicted octanol–water partition coefficient (Wildman–Crippen LogP) is 1.05. The molecular formula is C12H23ClN2O2. The second-order valence-corrected chi connectivity index (χ2v) is 5.55. The van der Waals surface area contributed by atoms with Crippen molar-refractivity contribution in [1.29, 1.82) is 0 Å². The van der Waals surface area contributed by atoms with Crippen molar-refractivity contribution in [2.24, 2.45) is 5.41 Å². The van der Waals surface area contributed by atoms with Crippen molar-refractivity contribution in [1.82, 2.24) is 10.2 Å². The third-order valence-electron chi connectivity index (χ3n) is 3.63. The molecule has 0 aromatic heterocycles. The fourth-order valence-electron chi connectivity index (χ4n) is 2.26. The van der Waals surface area contributed by atoms with Crippen LogP contribution in [0.4, 0.5) is 0 Å². The van der Waals surface area contributed by atoms with E-state index in [9.17, 15) is 4.79 Å². The Morgan fingerprint density at radius 3 is 2.53 bits per heavy atom. The Bertz CT molecular complexity index is 255. The van der Waals surface area contributed by atoms with Crippen LogP contribution in [0.5, 0.6) is 0 Å². The van der Waals surface area contributed by atoms with Crippen LogP contribution in [-0.4, -0.2) is 49.7 Å². The van der Waals surface area contributed by atoms with Crippen LogP contribution in [0.15, 0.2) is 0 Å². The standard InChI is InChI=1S/C12H22N2O2.ClH/c1-12(2)3-6-14(7-4-12)11(15)10-9-13-5-8-16-10;/h10,13H,3-9H2,1-2H3;1H. The van der Waals surface area contributed by atoms with E-state index in [1.54, 1.807) is 0 Å². The van der Waals surface area contributed by atoms with E-state index < -0.39 is 0 Å². The third kappa shape index (κ3) is 3.83. The third-order valence-corrected chi connectivity index (χ3v) is 3.63. The Kier molecular flexibility index (Phi) is 5.22. The van der Waals surface area contributed by atoms with Gasteiger partial charge in [-0.1, -0.05) is 13.8 Å². The van der Waals surface area contributed by atoms with Gasteiger partial charge >= 0.3 is 0 Å². The first kappa shape index (κ1) is 14.7. The van der Waals surface area contributed by atoms with Crippen LogP contribution in [0.3, 0.4) is 0 Å². The van der Waals surface area contributed by atoms with Gasteiger partial charge in [0.1, 0.15) is 6.10 Å². The highest BCUT2D eigenvalue weighted by atomic mass is 35.5. The molecule has 5 heteroatoms. The van der Waals surface area contributed by atoms with Gasteiger partial charge in [-0.05, 0) is 18.3 Å². The summed E-state index contributed by atoms with van der Waals surface area (Å²) in [5.41, 5.74) is 0.391. The summed E-state index contributed by atoms with van der Waals surface area (Å²) in [5.74, 6) is 0.169. The van der Waals surface area contributed by atoms with Gasteiger partial charge in [0.25, 0.3) is 5.91 Å². The lowest BCUT2D eigenvalue weighted by Crippen LogP contribution is -2.52. The van der Waals surface area contributed by atoms with Crippen LogP contribution >= 0.6 is 12.4 Å². The lowest BCUT2D eigenvalue weighted by atomic mass is 9.82. The zero-order valence-corrected chi connectivity index (χ0v) is 11.5. The molecule has 0 aliphatic carbocycles. The van der Waals surface area contributed by atoms with Gasteiger partial charge in [0.2, 0.25) is 0 Å². The Balaban J connectivity index is 0.00000144. The Morgan fingerprint density at radius 1 is 1.35 bits per heavy atom. The Labute approximate surface area is 109 Å². The fourth-order valence-corrected chi connectivity index (χ4v) is 2.26. The number of morpholine rings is 1. The van der Waals surface area contributed by atoms with Crippen molar-refractivity contribution >= 4 is 18.3 Å². The number of carbonyl (C=O) groups excluding carboxylic acids is 1. The maximum absolute atomic E-state index is 12.1. The maximum atomic E-state index is 12.1. The van der Waals surface area contributed by atoms with Crippen molar-refractivity contribution in [3.8, 4) is 0 Å². The molecule has 2 fully saturated rings. The number of halogens is 1. The number of likely N-dealkylation sites (tertiary alicyclic amines) is 1. The Hall–Kier alpha value is -0.320. The summed E-state index contributed by atoms with van der Waals surface area (Å²) >= 11 is 0. The number of nitrogens with one attached hydrogen (secondary N) is 1. The molecule has 1 unspecified atom stereocenters. The maximum Gasteiger partial charge on any atom is 0.253 e. The monoisotopic (exact) mass is 262 g/mol. The van der Waals surface area contributed by atoms with Gasteiger partial charge < -0.3 is 15.0 Å². The minimum Gasteiger partial charge on any atom is -0.366 e. The minimum atomic E-state index is -0.255. The number of nitrogens with zero attached hydrogens (tertiary/aromatic N) is 1. The van der Waals surface area contributed by atoms with Crippen LogP contribution in [0.2, 0.25) is 0 Å². The summed E-state index contributed by atoms with van der Waals surface area (Å²) in [5, 5.41) is 3.20. The van der Waals surface area contributed by atoms with Crippen molar-refractivity contribution < 1.29 is 9.53 Å². The van der Waals surface area contributed by atoms with E-state index in [1.165, 1.54) is 0 Å². The summed E-state index contributed by atoms with van der Waals surface area (Å²) < 4.78 is 5.49. The van der Waals surface area contributed by atoms with E-state index in [2.05, 4.69) is 19.2 Å². The van der Waals surface area contributed by atoms with Crippen LogP contribution in [-0.2, 0) is 9.53 Å². The zero-order valence-electron chi connectivity index (χ0n) is 10.7. The van der Waals surface area contributed by atoms with Crippen molar-refractivity contribution in [3.05, 3.63) is 0 Å². The average molecular weight is 263 g/mol. The van der Waals surface area contributed by atoms with Gasteiger partial charge in [-0.3, -0.25) is 4.79 Å². The molecule has 1 N–H and O–H groups in total. The van der Waals surface area contributed by atoms with Crippen molar-refractivity contribution in [2.45, 2.75) is 32.8 Å². The van der Waals surface area contributed by atoms with E-state index in [-0.39, 0.29) is 24.4 Å². The molecule has 4 nitrogen and oxygen atoms in total. The SMILES string of the molecule is CC1(C)CCN(C(=O)C2CNCCO2)CC1.Cl. The van der Waals surface area contributed by atoms with E-state index in [0.717, 1.165) is 32.5 Å². The molecule has 0 spiro atoms. The normalized spacial score (nSPS) is 28.4. The highest BCUT2D eigenvalue weighted by molar-refractivity contribution is 5.85. The van der Waals surface area contributed by atoms with E-state index >= 15 is 0 Å². The molecule has 0 aromatic carbocycles. The molecule has 0 aromatic rings. The number of piperidine rings is 1. The molecule has 2 saturated heterocycles. The topological polar surface area (TPSA) is 41.6 Å². The first-order valence-corrected chi connectivity index (χ1v) is 6.20. The zero-order chi connectivity index (χ0) is 11.6. The number of amides is 1. The molecule has 0 saturated carbocycles.